The van der Waals surface area contributed by atoms with Crippen LogP contribution in [0.1, 0.15) is 12.5 Å². The highest BCUT2D eigenvalue weighted by molar-refractivity contribution is 8.07. The molecule has 0 aliphatic heterocycles. The van der Waals surface area contributed by atoms with Crippen molar-refractivity contribution in [3.05, 3.63) is 40.8 Å². The number of hydrogen-bond acceptors (Lipinski definition) is 3. The Morgan fingerprint density at radius 2 is 2.07 bits per heavy atom. The summed E-state index contributed by atoms with van der Waals surface area (Å²) < 4.78 is 0. The molecule has 0 N–H and O–H groups in total. The quantitative estimate of drug-likeness (QED) is 0.431. The number of carbonyl (C=O) groups is 1. The normalized spacial score (nSPS) is 11.4. The fourth-order valence-electron chi connectivity index (χ4n) is 1.10. The number of thioether (sulfide) groups is 1. The largest absolute Gasteiger partial charge is 0.298 e. The Balaban J connectivity index is 3.11. The smallest absolute Gasteiger partial charge is 0.151 e. The monoisotopic (exact) mass is 203 g/mol. The predicted molar refractivity (Wildman–Crippen MR) is 58.3 cm³/mol. The standard InChI is InChI=1S/C11H9NOS/c1-9(14-8-12)11(7-13)10-5-3-2-4-6-10/h2-7H,1H3/b11-9+. The van der Waals surface area contributed by atoms with Gasteiger partial charge in [0, 0.05) is 10.5 Å². The molecule has 0 radical (unpaired) electrons. The molecule has 0 spiro atoms. The number of nitriles is 1. The molecule has 0 bridgehead atoms. The summed E-state index contributed by atoms with van der Waals surface area (Å²) in [6, 6.07) is 9.32. The highest BCUT2D eigenvalue weighted by atomic mass is 32.2. The maximum absolute atomic E-state index is 10.8. The zero-order chi connectivity index (χ0) is 10.4. The fourth-order valence-corrected chi connectivity index (χ4v) is 1.51. The molecule has 0 amide bonds. The second-order valence-corrected chi connectivity index (χ2v) is 3.65. The second-order valence-electron chi connectivity index (χ2n) is 2.65. The molecule has 70 valence electrons. The number of thiocyanates is 1. The van der Waals surface area contributed by atoms with Crippen molar-refractivity contribution in [2.75, 3.05) is 0 Å². The highest BCUT2D eigenvalue weighted by Gasteiger charge is 2.04. The van der Waals surface area contributed by atoms with E-state index in [1.807, 2.05) is 35.7 Å². The molecule has 0 saturated heterocycles. The van der Waals surface area contributed by atoms with E-state index in [9.17, 15) is 4.79 Å². The van der Waals surface area contributed by atoms with Crippen LogP contribution in [-0.4, -0.2) is 6.29 Å². The van der Waals surface area contributed by atoms with Gasteiger partial charge >= 0.3 is 0 Å². The minimum atomic E-state index is 0.581. The summed E-state index contributed by atoms with van der Waals surface area (Å²) in [6.07, 6.45) is 0.787. The first-order chi connectivity index (χ1) is 6.79. The maximum Gasteiger partial charge on any atom is 0.151 e. The Morgan fingerprint density at radius 1 is 1.43 bits per heavy atom. The summed E-state index contributed by atoms with van der Waals surface area (Å²) in [7, 11) is 0. The Kier molecular flexibility index (Phi) is 3.96. The van der Waals surface area contributed by atoms with Crippen molar-refractivity contribution >= 4 is 23.6 Å². The van der Waals surface area contributed by atoms with Gasteiger partial charge in [-0.15, -0.1) is 0 Å². The van der Waals surface area contributed by atoms with Crippen LogP contribution in [0.15, 0.2) is 35.2 Å². The first-order valence-electron chi connectivity index (χ1n) is 4.07. The van der Waals surface area contributed by atoms with Crippen molar-refractivity contribution in [2.24, 2.45) is 0 Å². The van der Waals surface area contributed by atoms with E-state index >= 15 is 0 Å². The number of rotatable bonds is 3. The van der Waals surface area contributed by atoms with Crippen LogP contribution in [0.25, 0.3) is 5.57 Å². The number of aldehydes is 1. The average Bonchev–Trinajstić information content (AvgIpc) is 2.21. The molecule has 0 unspecified atom stereocenters. The number of carbonyl (C=O) groups excluding carboxylic acids is 1. The molecule has 0 aliphatic carbocycles. The third kappa shape index (κ3) is 2.48. The SMILES string of the molecule is C/C(SC#N)=C(/C=O)c1ccccc1. The molecular formula is C11H9NOS. The minimum Gasteiger partial charge on any atom is -0.298 e. The molecule has 1 rings (SSSR count). The van der Waals surface area contributed by atoms with Crippen LogP contribution >= 0.6 is 11.8 Å². The molecule has 14 heavy (non-hydrogen) atoms. The third-order valence-electron chi connectivity index (χ3n) is 1.78. The van der Waals surface area contributed by atoms with Crippen LogP contribution in [0.4, 0.5) is 0 Å². The highest BCUT2D eigenvalue weighted by Crippen LogP contribution is 2.23. The molecule has 0 saturated carbocycles. The third-order valence-corrected chi connectivity index (χ3v) is 2.40. The van der Waals surface area contributed by atoms with Crippen LogP contribution < -0.4 is 0 Å². The Hall–Kier alpha value is -1.53. The fraction of sp³-hybridized carbons (Fsp3) is 0.0909. The first-order valence-corrected chi connectivity index (χ1v) is 4.88. The van der Waals surface area contributed by atoms with Gasteiger partial charge in [0.25, 0.3) is 0 Å². The predicted octanol–water partition coefficient (Wildman–Crippen LogP) is 2.83. The van der Waals surface area contributed by atoms with Crippen molar-refractivity contribution in [3.8, 4) is 5.40 Å². The zero-order valence-electron chi connectivity index (χ0n) is 7.73. The van der Waals surface area contributed by atoms with Gasteiger partial charge in [-0.2, -0.15) is 5.26 Å². The van der Waals surface area contributed by atoms with E-state index in [4.69, 9.17) is 5.26 Å². The van der Waals surface area contributed by atoms with E-state index in [1.54, 1.807) is 6.92 Å². The van der Waals surface area contributed by atoms with Gasteiger partial charge in [-0.3, -0.25) is 4.79 Å². The van der Waals surface area contributed by atoms with Crippen LogP contribution in [0.5, 0.6) is 0 Å². The molecular weight excluding hydrogens is 194 g/mol. The van der Waals surface area contributed by atoms with Crippen molar-refractivity contribution in [3.63, 3.8) is 0 Å². The van der Waals surface area contributed by atoms with Crippen LogP contribution in [-0.2, 0) is 4.79 Å². The lowest BCUT2D eigenvalue weighted by Gasteiger charge is -2.02. The molecule has 2 nitrogen and oxygen atoms in total. The van der Waals surface area contributed by atoms with Gasteiger partial charge in [0.05, 0.1) is 0 Å². The van der Waals surface area contributed by atoms with Gasteiger partial charge in [0.15, 0.2) is 6.29 Å². The number of benzene rings is 1. The molecule has 0 aromatic heterocycles. The minimum absolute atomic E-state index is 0.581. The first kappa shape index (κ1) is 10.6. The van der Waals surface area contributed by atoms with E-state index < -0.39 is 0 Å². The van der Waals surface area contributed by atoms with E-state index in [-0.39, 0.29) is 0 Å². The van der Waals surface area contributed by atoms with E-state index in [1.165, 1.54) is 0 Å². The molecule has 0 atom stereocenters. The van der Waals surface area contributed by atoms with Crippen molar-refractivity contribution in [2.45, 2.75) is 6.92 Å². The van der Waals surface area contributed by atoms with Crippen LogP contribution in [0.3, 0.4) is 0 Å². The van der Waals surface area contributed by atoms with Crippen LogP contribution in [0.2, 0.25) is 0 Å². The summed E-state index contributed by atoms with van der Waals surface area (Å²) >= 11 is 1.01. The van der Waals surface area contributed by atoms with E-state index in [0.29, 0.717) is 5.57 Å². The van der Waals surface area contributed by atoms with Gasteiger partial charge in [-0.1, -0.05) is 30.3 Å². The Morgan fingerprint density at radius 3 is 2.57 bits per heavy atom. The summed E-state index contributed by atoms with van der Waals surface area (Å²) in [5.74, 6) is 0. The maximum atomic E-state index is 10.8. The van der Waals surface area contributed by atoms with Gasteiger partial charge in [-0.25, -0.2) is 0 Å². The Labute approximate surface area is 87.2 Å². The van der Waals surface area contributed by atoms with Crippen molar-refractivity contribution < 1.29 is 4.79 Å². The van der Waals surface area contributed by atoms with Gasteiger partial charge in [0.2, 0.25) is 0 Å². The van der Waals surface area contributed by atoms with Gasteiger partial charge in [0.1, 0.15) is 5.40 Å². The van der Waals surface area contributed by atoms with E-state index in [2.05, 4.69) is 0 Å². The second kappa shape index (κ2) is 5.25. The van der Waals surface area contributed by atoms with Gasteiger partial charge in [-0.05, 0) is 24.2 Å². The summed E-state index contributed by atoms with van der Waals surface area (Å²) in [6.45, 7) is 1.77. The lowest BCUT2D eigenvalue weighted by molar-refractivity contribution is -0.103. The summed E-state index contributed by atoms with van der Waals surface area (Å²) in [5, 5.41) is 10.4. The van der Waals surface area contributed by atoms with Crippen molar-refractivity contribution in [1.29, 1.82) is 5.26 Å². The van der Waals surface area contributed by atoms with Gasteiger partial charge < -0.3 is 0 Å². The number of nitrogens with zero attached hydrogens (tertiary/aromatic N) is 1. The molecule has 1 aromatic carbocycles. The van der Waals surface area contributed by atoms with E-state index in [0.717, 1.165) is 28.5 Å². The lowest BCUT2D eigenvalue weighted by Crippen LogP contribution is -1.87. The molecule has 1 aromatic rings. The molecule has 0 heterocycles. The van der Waals surface area contributed by atoms with Crippen LogP contribution in [0, 0.1) is 10.7 Å². The summed E-state index contributed by atoms with van der Waals surface area (Å²) in [4.78, 5) is 11.6. The van der Waals surface area contributed by atoms with Crippen molar-refractivity contribution in [1.82, 2.24) is 0 Å². The summed E-state index contributed by atoms with van der Waals surface area (Å²) in [5.41, 5.74) is 1.43. The number of hydrogen-bond donors (Lipinski definition) is 0. The zero-order valence-corrected chi connectivity index (χ0v) is 8.54. The molecule has 0 aliphatic rings. The molecule has 0 fully saturated rings. The lowest BCUT2D eigenvalue weighted by atomic mass is 10.1. The number of allylic oxidation sites excluding steroid dienone is 2. The molecule has 3 heteroatoms. The average molecular weight is 203 g/mol. The topological polar surface area (TPSA) is 40.9 Å². The Bertz CT molecular complexity index is 389.